The van der Waals surface area contributed by atoms with Crippen molar-refractivity contribution in [2.45, 2.75) is 74.8 Å². The van der Waals surface area contributed by atoms with Crippen molar-refractivity contribution in [3.63, 3.8) is 0 Å². The topological polar surface area (TPSA) is 222 Å². The van der Waals surface area contributed by atoms with Crippen molar-refractivity contribution < 1.29 is 62.5 Å². The van der Waals surface area contributed by atoms with Crippen LogP contribution in [0, 0.1) is 33.8 Å². The Morgan fingerprint density at radius 2 is 1.42 bits per heavy atom. The van der Waals surface area contributed by atoms with Gasteiger partial charge in [0.25, 0.3) is 5.69 Å². The van der Waals surface area contributed by atoms with Gasteiger partial charge < -0.3 is 33.7 Å². The van der Waals surface area contributed by atoms with Gasteiger partial charge in [-0.2, -0.15) is 0 Å². The Balaban J connectivity index is 1.31. The minimum atomic E-state index is -2.16. The number of non-ortho nitro benzene ring substituents is 1. The summed E-state index contributed by atoms with van der Waals surface area (Å²) in [6.45, 7) is -0.0136. The number of nitro groups is 1. The van der Waals surface area contributed by atoms with E-state index in [-0.39, 0.29) is 42.1 Å². The van der Waals surface area contributed by atoms with E-state index in [0.717, 1.165) is 38.4 Å². The number of morpholine rings is 1. The van der Waals surface area contributed by atoms with Gasteiger partial charge in [0.1, 0.15) is 36.5 Å². The quantitative estimate of drug-likeness (QED) is 0.0302. The first-order valence-corrected chi connectivity index (χ1v) is 25.2. The number of aliphatic hydroxyl groups is 1. The number of hydrogen-bond donors (Lipinski definition) is 1. The molecule has 3 fully saturated rings. The van der Waals surface area contributed by atoms with E-state index < -0.39 is 88.8 Å². The summed E-state index contributed by atoms with van der Waals surface area (Å²) in [4.78, 5) is 105. The van der Waals surface area contributed by atoms with Crippen LogP contribution in [-0.2, 0) is 54.9 Å². The average Bonchev–Trinajstić information content (AvgIpc) is 4.04. The number of imide groups is 1. The standard InChI is InChI=1S/C58H56N4O14/c1-72-53(65)44(54(66)73-2)20-14-15-37-23-30-46-45(35-37)58(56(68)60(46)57(69)75-36-38-21-26-42(27-22-38)62(70)71)47(52(64)59-31-12-4-3-5-13-32-59)49-55(67)76-50(40-18-10-7-11-19-40)48(39-16-8-6-9-17-39)61(49)51(58)41-24-28-43(29-25-41)74-34-33-63/h6-11,16-19,21-30,35,44,47-51,63H,3-5,12-13,20,31-34,36H2,1-2H3/t47-,48-,49-,50+,51+,58-/m0/s1. The highest BCUT2D eigenvalue weighted by Gasteiger charge is 2.76. The van der Waals surface area contributed by atoms with Crippen LogP contribution in [0.15, 0.2) is 127 Å². The third kappa shape index (κ3) is 9.98. The van der Waals surface area contributed by atoms with Gasteiger partial charge in [-0.25, -0.2) is 9.69 Å². The van der Waals surface area contributed by atoms with Crippen LogP contribution in [0.1, 0.15) is 90.1 Å². The highest BCUT2D eigenvalue weighted by Crippen LogP contribution is 2.66. The van der Waals surface area contributed by atoms with Crippen LogP contribution < -0.4 is 9.64 Å². The summed E-state index contributed by atoms with van der Waals surface area (Å²) in [6.07, 6.45) is 1.58. The van der Waals surface area contributed by atoms with Gasteiger partial charge >= 0.3 is 24.0 Å². The summed E-state index contributed by atoms with van der Waals surface area (Å²) < 4.78 is 28.1. The molecular formula is C58H56N4O14. The number of carbonyl (C=O) groups excluding carboxylic acids is 6. The molecule has 18 heteroatoms. The van der Waals surface area contributed by atoms with Gasteiger partial charge in [-0.15, -0.1) is 0 Å². The molecular weight excluding hydrogens is 977 g/mol. The first-order chi connectivity index (χ1) is 36.9. The Kier molecular flexibility index (Phi) is 15.9. The van der Waals surface area contributed by atoms with Gasteiger partial charge in [0, 0.05) is 37.2 Å². The molecule has 18 nitrogen and oxygen atoms in total. The summed E-state index contributed by atoms with van der Waals surface area (Å²) in [5.74, 6) is -0.504. The number of esters is 3. The van der Waals surface area contributed by atoms with Gasteiger partial charge in [-0.05, 0) is 83.1 Å². The van der Waals surface area contributed by atoms with E-state index in [0.29, 0.717) is 53.9 Å². The molecule has 0 aliphatic carbocycles. The molecule has 4 aliphatic heterocycles. The predicted octanol–water partition coefficient (Wildman–Crippen LogP) is 7.46. The Hall–Kier alpha value is -8.40. The Morgan fingerprint density at radius 3 is 2.04 bits per heavy atom. The number of benzene rings is 5. The lowest BCUT2D eigenvalue weighted by atomic mass is 9.64. The molecule has 3 saturated heterocycles. The molecule has 1 spiro atoms. The summed E-state index contributed by atoms with van der Waals surface area (Å²) in [6, 6.07) is 31.9. The lowest BCUT2D eigenvalue weighted by molar-refractivity contribution is -0.384. The van der Waals surface area contributed by atoms with Crippen LogP contribution in [-0.4, -0.2) is 102 Å². The Bertz CT molecular complexity index is 3030. The number of anilines is 1. The number of methoxy groups -OCH3 is 2. The molecule has 4 aliphatic rings. The number of cyclic esters (lactones) is 1. The number of ether oxygens (including phenoxy) is 5. The van der Waals surface area contributed by atoms with Gasteiger partial charge in [0.2, 0.25) is 11.8 Å². The molecule has 5 aromatic carbocycles. The minimum Gasteiger partial charge on any atom is -0.491 e. The SMILES string of the molecule is COC(=O)C(CC#Cc1ccc2c(c1)[C@]1(C(=O)N2C(=O)OCc2ccc([N+](=O)[O-])cc2)[C@H](C(=O)N2CCCCCCC2)[C@H]2C(=O)O[C@H](c3ccccc3)[C@H](c3ccccc3)N2[C@@H]1c1ccc(OCCO)cc1)C(=O)OC. The molecule has 0 saturated carbocycles. The van der Waals surface area contributed by atoms with Gasteiger partial charge in [0.05, 0.1) is 49.4 Å². The number of amides is 3. The Morgan fingerprint density at radius 1 is 0.789 bits per heavy atom. The van der Waals surface area contributed by atoms with Crippen molar-refractivity contribution in [2.24, 2.45) is 11.8 Å². The first kappa shape index (κ1) is 52.5. The second-order valence-electron chi connectivity index (χ2n) is 19.0. The van der Waals surface area contributed by atoms with Crippen LogP contribution in [0.3, 0.4) is 0 Å². The molecule has 6 atom stereocenters. The van der Waals surface area contributed by atoms with Crippen LogP contribution >= 0.6 is 0 Å². The van der Waals surface area contributed by atoms with E-state index in [9.17, 15) is 29.6 Å². The molecule has 0 aromatic heterocycles. The van der Waals surface area contributed by atoms with E-state index in [4.69, 9.17) is 23.7 Å². The smallest absolute Gasteiger partial charge is 0.421 e. The van der Waals surface area contributed by atoms with E-state index >= 15 is 14.4 Å². The molecule has 0 bridgehead atoms. The van der Waals surface area contributed by atoms with Crippen molar-refractivity contribution in [2.75, 3.05) is 45.4 Å². The molecule has 4 heterocycles. The maximum absolute atomic E-state index is 16.8. The summed E-state index contributed by atoms with van der Waals surface area (Å²) in [5.41, 5.74) is 0.312. The van der Waals surface area contributed by atoms with Gasteiger partial charge in [0.15, 0.2) is 5.92 Å². The van der Waals surface area contributed by atoms with Crippen LogP contribution in [0.2, 0.25) is 0 Å². The summed E-state index contributed by atoms with van der Waals surface area (Å²) >= 11 is 0. The number of carbonyl (C=O) groups is 6. The van der Waals surface area contributed by atoms with Crippen LogP contribution in [0.4, 0.5) is 16.2 Å². The molecule has 1 N–H and O–H groups in total. The van der Waals surface area contributed by atoms with Crippen molar-refractivity contribution in [3.8, 4) is 17.6 Å². The van der Waals surface area contributed by atoms with Gasteiger partial charge in [-0.1, -0.05) is 104 Å². The lowest BCUT2D eigenvalue weighted by Gasteiger charge is -2.46. The van der Waals surface area contributed by atoms with E-state index in [1.54, 1.807) is 41.3 Å². The van der Waals surface area contributed by atoms with E-state index in [2.05, 4.69) is 11.8 Å². The maximum Gasteiger partial charge on any atom is 0.421 e. The number of hydrogen-bond acceptors (Lipinski definition) is 15. The normalized spacial score (nSPS) is 22.0. The van der Waals surface area contributed by atoms with Crippen molar-refractivity contribution in [1.82, 2.24) is 9.80 Å². The molecule has 76 heavy (non-hydrogen) atoms. The van der Waals surface area contributed by atoms with Crippen molar-refractivity contribution in [3.05, 3.63) is 171 Å². The maximum atomic E-state index is 16.8. The predicted molar refractivity (Wildman–Crippen MR) is 273 cm³/mol. The lowest BCUT2D eigenvalue weighted by Crippen LogP contribution is -2.56. The monoisotopic (exact) mass is 1030 g/mol. The summed E-state index contributed by atoms with van der Waals surface area (Å²) in [7, 11) is 2.27. The second-order valence-corrected chi connectivity index (χ2v) is 19.0. The van der Waals surface area contributed by atoms with Crippen molar-refractivity contribution in [1.29, 1.82) is 0 Å². The fraction of sp³-hybridized carbons (Fsp3) is 0.345. The zero-order valence-electron chi connectivity index (χ0n) is 41.9. The third-order valence-corrected chi connectivity index (χ3v) is 14.7. The fourth-order valence-corrected chi connectivity index (χ4v) is 11.2. The molecule has 9 rings (SSSR count). The highest BCUT2D eigenvalue weighted by molar-refractivity contribution is 6.23. The van der Waals surface area contributed by atoms with E-state index in [1.165, 1.54) is 30.3 Å². The number of fused-ring (bicyclic) bond motifs is 3. The highest BCUT2D eigenvalue weighted by atomic mass is 16.6. The van der Waals surface area contributed by atoms with Crippen LogP contribution in [0.5, 0.6) is 5.75 Å². The molecule has 0 radical (unpaired) electrons. The zero-order valence-corrected chi connectivity index (χ0v) is 41.9. The van der Waals surface area contributed by atoms with E-state index in [1.807, 2.05) is 65.6 Å². The fourth-order valence-electron chi connectivity index (χ4n) is 11.2. The van der Waals surface area contributed by atoms with Crippen LogP contribution in [0.25, 0.3) is 0 Å². The number of nitro benzene ring substituents is 1. The van der Waals surface area contributed by atoms with Crippen molar-refractivity contribution >= 4 is 47.2 Å². The summed E-state index contributed by atoms with van der Waals surface area (Å²) in [5, 5.41) is 21.1. The minimum absolute atomic E-state index is 0.0133. The second kappa shape index (κ2) is 23.0. The average molecular weight is 1030 g/mol. The molecule has 3 amide bonds. The zero-order chi connectivity index (χ0) is 53.5. The van der Waals surface area contributed by atoms with Gasteiger partial charge in [-0.3, -0.25) is 39.0 Å². The Labute approximate surface area is 438 Å². The molecule has 5 aromatic rings. The number of rotatable bonds is 13. The molecule has 0 unspecified atom stereocenters. The largest absolute Gasteiger partial charge is 0.491 e. The first-order valence-electron chi connectivity index (χ1n) is 25.2. The third-order valence-electron chi connectivity index (χ3n) is 14.7. The molecule has 392 valence electrons. The number of nitrogens with zero attached hydrogens (tertiary/aromatic N) is 4. The number of likely N-dealkylation sites (tertiary alicyclic amines) is 1. The number of aliphatic hydroxyl groups excluding tert-OH is 1.